The highest BCUT2D eigenvalue weighted by Crippen LogP contribution is 2.22. The summed E-state index contributed by atoms with van der Waals surface area (Å²) in [5, 5.41) is 8.94. The Morgan fingerprint density at radius 1 is 1.28 bits per heavy atom. The standard InChI is InChI=1S/C14H19FO3/c15-12-2-5-13(6-3-12)17-8-7-11-1-4-14(9-16)18-10-11/h2-3,5-6,11,14,16H,1,4,7-10H2. The highest BCUT2D eigenvalue weighted by Gasteiger charge is 2.20. The molecule has 3 nitrogen and oxygen atoms in total. The molecule has 0 aromatic heterocycles. The molecule has 0 spiro atoms. The van der Waals surface area contributed by atoms with Crippen LogP contribution in [0.4, 0.5) is 4.39 Å². The third kappa shape index (κ3) is 3.96. The van der Waals surface area contributed by atoms with Crippen molar-refractivity contribution in [2.24, 2.45) is 5.92 Å². The van der Waals surface area contributed by atoms with Gasteiger partial charge in [-0.15, -0.1) is 0 Å². The molecule has 1 aliphatic rings. The van der Waals surface area contributed by atoms with Gasteiger partial charge in [-0.3, -0.25) is 0 Å². The second-order valence-electron chi connectivity index (χ2n) is 4.67. The summed E-state index contributed by atoms with van der Waals surface area (Å²) in [6, 6.07) is 6.05. The summed E-state index contributed by atoms with van der Waals surface area (Å²) in [6.07, 6.45) is 2.92. The maximum Gasteiger partial charge on any atom is 0.123 e. The monoisotopic (exact) mass is 254 g/mol. The van der Waals surface area contributed by atoms with E-state index in [4.69, 9.17) is 14.6 Å². The zero-order chi connectivity index (χ0) is 12.8. The van der Waals surface area contributed by atoms with Gasteiger partial charge in [-0.2, -0.15) is 0 Å². The van der Waals surface area contributed by atoms with E-state index in [1.807, 2.05) is 0 Å². The first-order valence-electron chi connectivity index (χ1n) is 6.38. The first-order chi connectivity index (χ1) is 8.78. The molecule has 18 heavy (non-hydrogen) atoms. The number of halogens is 1. The minimum absolute atomic E-state index is 0.0132. The molecule has 2 atom stereocenters. The number of ether oxygens (including phenoxy) is 2. The predicted molar refractivity (Wildman–Crippen MR) is 66.1 cm³/mol. The Hall–Kier alpha value is -1.13. The van der Waals surface area contributed by atoms with E-state index in [0.717, 1.165) is 19.3 Å². The summed E-state index contributed by atoms with van der Waals surface area (Å²) in [7, 11) is 0. The Bertz CT molecular complexity index is 345. The van der Waals surface area contributed by atoms with Gasteiger partial charge in [0.1, 0.15) is 11.6 Å². The van der Waals surface area contributed by atoms with Crippen LogP contribution in [0.5, 0.6) is 5.75 Å². The van der Waals surface area contributed by atoms with Crippen molar-refractivity contribution in [1.29, 1.82) is 0 Å². The molecule has 0 bridgehead atoms. The van der Waals surface area contributed by atoms with E-state index in [1.165, 1.54) is 12.1 Å². The van der Waals surface area contributed by atoms with Crippen LogP contribution in [-0.2, 0) is 4.74 Å². The molecule has 1 heterocycles. The summed E-state index contributed by atoms with van der Waals surface area (Å²) < 4.78 is 23.7. The molecule has 0 amide bonds. The van der Waals surface area contributed by atoms with Gasteiger partial charge in [0.15, 0.2) is 0 Å². The number of rotatable bonds is 5. The largest absolute Gasteiger partial charge is 0.494 e. The fourth-order valence-corrected chi connectivity index (χ4v) is 2.11. The summed E-state index contributed by atoms with van der Waals surface area (Å²) in [4.78, 5) is 0. The molecule has 1 aliphatic heterocycles. The lowest BCUT2D eigenvalue weighted by atomic mass is 9.96. The first-order valence-corrected chi connectivity index (χ1v) is 6.38. The van der Waals surface area contributed by atoms with E-state index < -0.39 is 0 Å². The van der Waals surface area contributed by atoms with Crippen LogP contribution in [0.3, 0.4) is 0 Å². The summed E-state index contributed by atoms with van der Waals surface area (Å²) in [5.41, 5.74) is 0. The van der Waals surface area contributed by atoms with E-state index >= 15 is 0 Å². The number of aliphatic hydroxyl groups is 1. The van der Waals surface area contributed by atoms with Gasteiger partial charge in [0.05, 0.1) is 25.9 Å². The van der Waals surface area contributed by atoms with Crippen LogP contribution in [-0.4, -0.2) is 31.0 Å². The van der Waals surface area contributed by atoms with E-state index in [9.17, 15) is 4.39 Å². The molecule has 0 saturated carbocycles. The van der Waals surface area contributed by atoms with Crippen molar-refractivity contribution in [2.45, 2.75) is 25.4 Å². The maximum atomic E-state index is 12.7. The SMILES string of the molecule is OCC1CCC(CCOc2ccc(F)cc2)CO1. The third-order valence-electron chi connectivity index (χ3n) is 3.28. The van der Waals surface area contributed by atoms with E-state index in [0.29, 0.717) is 24.9 Å². The van der Waals surface area contributed by atoms with Crippen molar-refractivity contribution < 1.29 is 19.0 Å². The van der Waals surface area contributed by atoms with Gasteiger partial charge >= 0.3 is 0 Å². The molecule has 1 N–H and O–H groups in total. The Kier molecular flexibility index (Phi) is 4.96. The van der Waals surface area contributed by atoms with Crippen molar-refractivity contribution in [1.82, 2.24) is 0 Å². The molecule has 1 fully saturated rings. The normalized spacial score (nSPS) is 23.9. The quantitative estimate of drug-likeness (QED) is 0.876. The molecule has 0 radical (unpaired) electrons. The smallest absolute Gasteiger partial charge is 0.123 e. The zero-order valence-electron chi connectivity index (χ0n) is 10.3. The third-order valence-corrected chi connectivity index (χ3v) is 3.28. The Labute approximate surface area is 107 Å². The fourth-order valence-electron chi connectivity index (χ4n) is 2.11. The average Bonchev–Trinajstić information content (AvgIpc) is 2.42. The highest BCUT2D eigenvalue weighted by atomic mass is 19.1. The lowest BCUT2D eigenvalue weighted by Crippen LogP contribution is -2.29. The van der Waals surface area contributed by atoms with E-state index in [2.05, 4.69) is 0 Å². The van der Waals surface area contributed by atoms with Crippen LogP contribution in [0, 0.1) is 11.7 Å². The molecule has 1 aromatic rings. The highest BCUT2D eigenvalue weighted by molar-refractivity contribution is 5.21. The average molecular weight is 254 g/mol. The van der Waals surface area contributed by atoms with Gasteiger partial charge in [0.25, 0.3) is 0 Å². The molecule has 1 saturated heterocycles. The molecule has 0 aliphatic carbocycles. The van der Waals surface area contributed by atoms with Gasteiger partial charge < -0.3 is 14.6 Å². The summed E-state index contributed by atoms with van der Waals surface area (Å²) in [5.74, 6) is 0.938. The zero-order valence-corrected chi connectivity index (χ0v) is 10.3. The fraction of sp³-hybridized carbons (Fsp3) is 0.571. The minimum Gasteiger partial charge on any atom is -0.494 e. The molecular formula is C14H19FO3. The van der Waals surface area contributed by atoms with Gasteiger partial charge in [-0.25, -0.2) is 4.39 Å². The predicted octanol–water partition coefficient (Wildman–Crippen LogP) is 2.38. The number of hydrogen-bond acceptors (Lipinski definition) is 3. The molecule has 4 heteroatoms. The van der Waals surface area contributed by atoms with Crippen LogP contribution >= 0.6 is 0 Å². The summed E-state index contributed by atoms with van der Waals surface area (Å²) >= 11 is 0. The van der Waals surface area contributed by atoms with Gasteiger partial charge in [-0.05, 0) is 49.4 Å². The molecule has 1 aromatic carbocycles. The van der Waals surface area contributed by atoms with Crippen molar-refractivity contribution in [2.75, 3.05) is 19.8 Å². The van der Waals surface area contributed by atoms with Crippen LogP contribution < -0.4 is 4.74 Å². The maximum absolute atomic E-state index is 12.7. The lowest BCUT2D eigenvalue weighted by Gasteiger charge is -2.27. The van der Waals surface area contributed by atoms with Gasteiger partial charge in [0.2, 0.25) is 0 Å². The second-order valence-corrected chi connectivity index (χ2v) is 4.67. The Morgan fingerprint density at radius 2 is 2.06 bits per heavy atom. The van der Waals surface area contributed by atoms with Gasteiger partial charge in [0, 0.05) is 0 Å². The van der Waals surface area contributed by atoms with Crippen LogP contribution in [0.2, 0.25) is 0 Å². The number of aliphatic hydroxyl groups excluding tert-OH is 1. The molecule has 2 unspecified atom stereocenters. The Balaban J connectivity index is 1.65. The van der Waals surface area contributed by atoms with Crippen LogP contribution in [0.15, 0.2) is 24.3 Å². The van der Waals surface area contributed by atoms with E-state index in [1.54, 1.807) is 12.1 Å². The Morgan fingerprint density at radius 3 is 2.67 bits per heavy atom. The molecule has 2 rings (SSSR count). The molecule has 100 valence electrons. The van der Waals surface area contributed by atoms with E-state index in [-0.39, 0.29) is 18.5 Å². The number of benzene rings is 1. The lowest BCUT2D eigenvalue weighted by molar-refractivity contribution is -0.0460. The van der Waals surface area contributed by atoms with Crippen molar-refractivity contribution in [3.05, 3.63) is 30.1 Å². The van der Waals surface area contributed by atoms with Crippen LogP contribution in [0.1, 0.15) is 19.3 Å². The first kappa shape index (κ1) is 13.3. The summed E-state index contributed by atoms with van der Waals surface area (Å²) in [6.45, 7) is 1.42. The second kappa shape index (κ2) is 6.71. The van der Waals surface area contributed by atoms with Crippen LogP contribution in [0.25, 0.3) is 0 Å². The van der Waals surface area contributed by atoms with Crippen molar-refractivity contribution in [3.63, 3.8) is 0 Å². The molecular weight excluding hydrogens is 235 g/mol. The van der Waals surface area contributed by atoms with Crippen molar-refractivity contribution in [3.8, 4) is 5.75 Å². The topological polar surface area (TPSA) is 38.7 Å². The number of hydrogen-bond donors (Lipinski definition) is 1. The van der Waals surface area contributed by atoms with Gasteiger partial charge in [-0.1, -0.05) is 0 Å². The van der Waals surface area contributed by atoms with Crippen molar-refractivity contribution >= 4 is 0 Å². The minimum atomic E-state index is -0.252.